The minimum Gasteiger partial charge on any atom is -0.481 e. The van der Waals surface area contributed by atoms with E-state index in [1.807, 2.05) is 24.3 Å². The largest absolute Gasteiger partial charge is 0.481 e. The Morgan fingerprint density at radius 3 is 2.52 bits per heavy atom. The van der Waals surface area contributed by atoms with Crippen molar-refractivity contribution in [2.45, 2.75) is 0 Å². The third-order valence-corrected chi connectivity index (χ3v) is 3.23. The van der Waals surface area contributed by atoms with E-state index in [-0.39, 0.29) is 0 Å². The standard InChI is InChI=1S/C17H14N4O2/c1-23-17-7-6-14(9-18-17)21-16-8-15(19-11-20-16)13-4-2-12(10-22)3-5-13/h2-11H,1H3,(H,19,20,21). The number of hydrogen-bond acceptors (Lipinski definition) is 6. The highest BCUT2D eigenvalue weighted by atomic mass is 16.5. The van der Waals surface area contributed by atoms with Gasteiger partial charge in [-0.05, 0) is 6.07 Å². The maximum Gasteiger partial charge on any atom is 0.213 e. The first-order valence-electron chi connectivity index (χ1n) is 6.93. The van der Waals surface area contributed by atoms with Crippen LogP contribution in [0.15, 0.2) is 55.0 Å². The summed E-state index contributed by atoms with van der Waals surface area (Å²) >= 11 is 0. The van der Waals surface area contributed by atoms with Crippen LogP contribution in [0.3, 0.4) is 0 Å². The summed E-state index contributed by atoms with van der Waals surface area (Å²) < 4.78 is 5.03. The number of carbonyl (C=O) groups excluding carboxylic acids is 1. The molecule has 2 heterocycles. The SMILES string of the molecule is COc1ccc(Nc2cc(-c3ccc(C=O)cc3)ncn2)cn1. The summed E-state index contributed by atoms with van der Waals surface area (Å²) in [5.41, 5.74) is 3.10. The molecule has 0 saturated carbocycles. The first-order chi connectivity index (χ1) is 11.3. The summed E-state index contributed by atoms with van der Waals surface area (Å²) in [7, 11) is 1.57. The number of aldehydes is 1. The van der Waals surface area contributed by atoms with Gasteiger partial charge in [0, 0.05) is 23.3 Å². The Labute approximate surface area is 133 Å². The fourth-order valence-electron chi connectivity index (χ4n) is 2.04. The van der Waals surface area contributed by atoms with Crippen LogP contribution in [0.5, 0.6) is 5.88 Å². The van der Waals surface area contributed by atoms with Gasteiger partial charge in [0.05, 0.1) is 24.7 Å². The summed E-state index contributed by atoms with van der Waals surface area (Å²) in [5, 5.41) is 3.16. The minimum atomic E-state index is 0.550. The maximum absolute atomic E-state index is 10.7. The molecule has 0 aliphatic rings. The van der Waals surface area contributed by atoms with Gasteiger partial charge in [0.2, 0.25) is 5.88 Å². The molecule has 0 aliphatic carbocycles. The first-order valence-corrected chi connectivity index (χ1v) is 6.93. The van der Waals surface area contributed by atoms with Crippen LogP contribution >= 0.6 is 0 Å². The van der Waals surface area contributed by atoms with Gasteiger partial charge in [-0.25, -0.2) is 15.0 Å². The Hall–Kier alpha value is -3.28. The molecular weight excluding hydrogens is 292 g/mol. The third-order valence-electron chi connectivity index (χ3n) is 3.23. The molecule has 1 aromatic carbocycles. The minimum absolute atomic E-state index is 0.550. The van der Waals surface area contributed by atoms with Crippen LogP contribution in [-0.4, -0.2) is 28.3 Å². The summed E-state index contributed by atoms with van der Waals surface area (Å²) in [6, 6.07) is 12.7. The molecule has 6 nitrogen and oxygen atoms in total. The molecule has 0 amide bonds. The van der Waals surface area contributed by atoms with Crippen molar-refractivity contribution < 1.29 is 9.53 Å². The Morgan fingerprint density at radius 2 is 1.87 bits per heavy atom. The molecule has 0 saturated heterocycles. The number of pyridine rings is 1. The van der Waals surface area contributed by atoms with Crippen molar-refractivity contribution >= 4 is 17.8 Å². The molecule has 0 aliphatic heterocycles. The van der Waals surface area contributed by atoms with Crippen LogP contribution in [0.2, 0.25) is 0 Å². The zero-order valence-electron chi connectivity index (χ0n) is 12.4. The number of nitrogens with zero attached hydrogens (tertiary/aromatic N) is 3. The van der Waals surface area contributed by atoms with Crippen molar-refractivity contribution in [3.8, 4) is 17.1 Å². The molecular formula is C17H14N4O2. The van der Waals surface area contributed by atoms with Crippen LogP contribution < -0.4 is 10.1 Å². The van der Waals surface area contributed by atoms with Crippen LogP contribution in [0, 0.1) is 0 Å². The number of hydrogen-bond donors (Lipinski definition) is 1. The lowest BCUT2D eigenvalue weighted by Crippen LogP contribution is -1.96. The first kappa shape index (κ1) is 14.6. The number of nitrogens with one attached hydrogen (secondary N) is 1. The highest BCUT2D eigenvalue weighted by Crippen LogP contribution is 2.21. The zero-order valence-corrected chi connectivity index (χ0v) is 12.4. The van der Waals surface area contributed by atoms with E-state index in [1.54, 1.807) is 31.5 Å². The number of ether oxygens (including phenoxy) is 1. The zero-order chi connectivity index (χ0) is 16.1. The Balaban J connectivity index is 1.82. The molecule has 0 fully saturated rings. The van der Waals surface area contributed by atoms with Gasteiger partial charge in [-0.2, -0.15) is 0 Å². The van der Waals surface area contributed by atoms with E-state index in [1.165, 1.54) is 6.33 Å². The average Bonchev–Trinajstić information content (AvgIpc) is 2.63. The van der Waals surface area contributed by atoms with Crippen LogP contribution in [0.1, 0.15) is 10.4 Å². The van der Waals surface area contributed by atoms with Gasteiger partial charge in [0.1, 0.15) is 18.4 Å². The van der Waals surface area contributed by atoms with Gasteiger partial charge >= 0.3 is 0 Å². The molecule has 0 bridgehead atoms. The van der Waals surface area contributed by atoms with Crippen LogP contribution in [0.25, 0.3) is 11.3 Å². The van der Waals surface area contributed by atoms with Crippen LogP contribution in [-0.2, 0) is 0 Å². The normalized spacial score (nSPS) is 10.1. The molecule has 3 rings (SSSR count). The fourth-order valence-corrected chi connectivity index (χ4v) is 2.04. The van der Waals surface area contributed by atoms with E-state index < -0.39 is 0 Å². The highest BCUT2D eigenvalue weighted by molar-refractivity contribution is 5.76. The molecule has 3 aromatic rings. The van der Waals surface area contributed by atoms with Crippen molar-refractivity contribution in [1.29, 1.82) is 0 Å². The van der Waals surface area contributed by atoms with Gasteiger partial charge in [-0.1, -0.05) is 24.3 Å². The Morgan fingerprint density at radius 1 is 1.04 bits per heavy atom. The quantitative estimate of drug-likeness (QED) is 0.730. The van der Waals surface area contributed by atoms with Crippen molar-refractivity contribution in [3.63, 3.8) is 0 Å². The molecule has 0 unspecified atom stereocenters. The lowest BCUT2D eigenvalue weighted by atomic mass is 10.1. The molecule has 0 atom stereocenters. The van der Waals surface area contributed by atoms with Crippen molar-refractivity contribution in [1.82, 2.24) is 15.0 Å². The van der Waals surface area contributed by atoms with E-state index in [2.05, 4.69) is 20.3 Å². The number of carbonyl (C=O) groups is 1. The summed E-state index contributed by atoms with van der Waals surface area (Å²) in [5.74, 6) is 1.20. The van der Waals surface area contributed by atoms with Crippen molar-refractivity contribution in [2.75, 3.05) is 12.4 Å². The molecule has 2 aromatic heterocycles. The fraction of sp³-hybridized carbons (Fsp3) is 0.0588. The number of rotatable bonds is 5. The van der Waals surface area contributed by atoms with Gasteiger partial charge in [0.15, 0.2) is 0 Å². The molecule has 0 radical (unpaired) electrons. The predicted octanol–water partition coefficient (Wildman–Crippen LogP) is 3.10. The van der Waals surface area contributed by atoms with Gasteiger partial charge < -0.3 is 10.1 Å². The monoisotopic (exact) mass is 306 g/mol. The number of methoxy groups -OCH3 is 1. The highest BCUT2D eigenvalue weighted by Gasteiger charge is 2.03. The Kier molecular flexibility index (Phi) is 4.24. The molecule has 114 valence electrons. The van der Waals surface area contributed by atoms with Gasteiger partial charge in [-0.3, -0.25) is 4.79 Å². The molecule has 6 heteroatoms. The number of anilines is 2. The molecule has 0 spiro atoms. The van der Waals surface area contributed by atoms with Crippen molar-refractivity contribution in [2.24, 2.45) is 0 Å². The second-order valence-corrected chi connectivity index (χ2v) is 4.74. The van der Waals surface area contributed by atoms with Gasteiger partial charge in [-0.15, -0.1) is 0 Å². The van der Waals surface area contributed by atoms with Crippen molar-refractivity contribution in [3.05, 3.63) is 60.6 Å². The van der Waals surface area contributed by atoms with Crippen LogP contribution in [0.4, 0.5) is 11.5 Å². The second-order valence-electron chi connectivity index (χ2n) is 4.74. The lowest BCUT2D eigenvalue weighted by Gasteiger charge is -2.07. The number of aromatic nitrogens is 3. The van der Waals surface area contributed by atoms with E-state index in [0.717, 1.165) is 23.2 Å². The topological polar surface area (TPSA) is 77.0 Å². The van der Waals surface area contributed by atoms with Gasteiger partial charge in [0.25, 0.3) is 0 Å². The average molecular weight is 306 g/mol. The second kappa shape index (κ2) is 6.65. The summed E-state index contributed by atoms with van der Waals surface area (Å²) in [6.07, 6.45) is 3.97. The number of benzene rings is 1. The van der Waals surface area contributed by atoms with E-state index in [9.17, 15) is 4.79 Å². The summed E-state index contributed by atoms with van der Waals surface area (Å²) in [4.78, 5) is 23.3. The lowest BCUT2D eigenvalue weighted by molar-refractivity contribution is 0.112. The Bertz CT molecular complexity index is 802. The maximum atomic E-state index is 10.7. The third kappa shape index (κ3) is 3.49. The van der Waals surface area contributed by atoms with E-state index in [4.69, 9.17) is 4.74 Å². The van der Waals surface area contributed by atoms with E-state index in [0.29, 0.717) is 17.3 Å². The predicted molar refractivity (Wildman–Crippen MR) is 86.9 cm³/mol. The van der Waals surface area contributed by atoms with E-state index >= 15 is 0 Å². The molecule has 23 heavy (non-hydrogen) atoms. The molecule has 1 N–H and O–H groups in total. The summed E-state index contributed by atoms with van der Waals surface area (Å²) in [6.45, 7) is 0. The smallest absolute Gasteiger partial charge is 0.213 e.